The van der Waals surface area contributed by atoms with Crippen molar-refractivity contribution in [1.82, 2.24) is 15.3 Å². The molecule has 28 heavy (non-hydrogen) atoms. The molecule has 152 valence electrons. The molecule has 0 aliphatic carbocycles. The van der Waals surface area contributed by atoms with Gasteiger partial charge in [-0.1, -0.05) is 0 Å². The van der Waals surface area contributed by atoms with Crippen LogP contribution in [0.4, 0.5) is 16.3 Å². The van der Waals surface area contributed by atoms with E-state index >= 15 is 0 Å². The van der Waals surface area contributed by atoms with Gasteiger partial charge in [-0.3, -0.25) is 15.1 Å². The normalized spacial score (nSPS) is 10.4. The van der Waals surface area contributed by atoms with Gasteiger partial charge in [0.15, 0.2) is 5.82 Å². The number of likely N-dealkylation sites (N-methyl/N-ethyl adjacent to an activating group) is 1. The summed E-state index contributed by atoms with van der Waals surface area (Å²) in [6.45, 7) is 1.37. The first-order valence-corrected chi connectivity index (χ1v) is 8.39. The van der Waals surface area contributed by atoms with Crippen LogP contribution in [0.3, 0.4) is 0 Å². The number of benzene rings is 1. The first kappa shape index (κ1) is 23.1. The molecule has 0 fully saturated rings. The van der Waals surface area contributed by atoms with Crippen molar-refractivity contribution in [2.45, 2.75) is 0 Å². The summed E-state index contributed by atoms with van der Waals surface area (Å²) in [6.07, 6.45) is 4.42. The quantitative estimate of drug-likeness (QED) is 0.487. The molecule has 0 atom stereocenters. The Kier molecular flexibility index (Phi) is 8.62. The first-order valence-electron chi connectivity index (χ1n) is 8.39. The number of ether oxygens (including phenoxy) is 1. The molecule has 3 N–H and O–H groups in total. The smallest absolute Gasteiger partial charge is 0.324 e. The number of quaternary nitrogens is 1. The summed E-state index contributed by atoms with van der Waals surface area (Å²) >= 11 is 0. The standard InChI is InChI=1S/C18H24N6O3.ClH/c1-24(2,3)10-9-21-17(25)13-5-6-14(15(11-13)27-4)22-18(26)23-16-12-19-7-8-20-16;/h5-8,11-12H,9-10H2,1-4H3,(H2-,20,21,22,23,25,26);1H. The zero-order valence-corrected chi connectivity index (χ0v) is 17.1. The van der Waals surface area contributed by atoms with Crippen molar-refractivity contribution in [3.8, 4) is 5.75 Å². The largest absolute Gasteiger partial charge is 1.00 e. The lowest BCUT2D eigenvalue weighted by Crippen LogP contribution is -3.00. The lowest BCUT2D eigenvalue weighted by molar-refractivity contribution is -0.869. The fourth-order valence-corrected chi connectivity index (χ4v) is 2.18. The molecule has 0 radical (unpaired) electrons. The molecule has 0 spiro atoms. The van der Waals surface area contributed by atoms with Crippen LogP contribution in [0.2, 0.25) is 0 Å². The lowest BCUT2D eigenvalue weighted by atomic mass is 10.1. The third-order valence-corrected chi connectivity index (χ3v) is 3.58. The number of carbonyl (C=O) groups is 2. The van der Waals surface area contributed by atoms with Gasteiger partial charge in [-0.15, -0.1) is 0 Å². The van der Waals surface area contributed by atoms with E-state index in [-0.39, 0.29) is 18.3 Å². The molecule has 10 heteroatoms. The third-order valence-electron chi connectivity index (χ3n) is 3.58. The van der Waals surface area contributed by atoms with Gasteiger partial charge in [0.05, 0.1) is 53.2 Å². The molecule has 0 aliphatic rings. The molecule has 0 bridgehead atoms. The molecule has 2 rings (SSSR count). The van der Waals surface area contributed by atoms with Crippen molar-refractivity contribution in [1.29, 1.82) is 0 Å². The number of carbonyl (C=O) groups excluding carboxylic acids is 2. The summed E-state index contributed by atoms with van der Waals surface area (Å²) in [7, 11) is 7.64. The number of hydrogen-bond acceptors (Lipinski definition) is 5. The van der Waals surface area contributed by atoms with Gasteiger partial charge in [0.1, 0.15) is 5.75 Å². The van der Waals surface area contributed by atoms with Crippen LogP contribution in [0.5, 0.6) is 5.75 Å². The average molecular weight is 409 g/mol. The monoisotopic (exact) mass is 408 g/mol. The second-order valence-electron chi connectivity index (χ2n) is 6.85. The van der Waals surface area contributed by atoms with E-state index in [1.165, 1.54) is 25.7 Å². The van der Waals surface area contributed by atoms with Crippen molar-refractivity contribution in [3.63, 3.8) is 0 Å². The van der Waals surface area contributed by atoms with Gasteiger partial charge in [0.2, 0.25) is 0 Å². The number of methoxy groups -OCH3 is 1. The number of rotatable bonds is 7. The fourth-order valence-electron chi connectivity index (χ4n) is 2.18. The van der Waals surface area contributed by atoms with E-state index < -0.39 is 6.03 Å². The summed E-state index contributed by atoms with van der Waals surface area (Å²) in [4.78, 5) is 32.2. The third kappa shape index (κ3) is 7.37. The minimum Gasteiger partial charge on any atom is -1.00 e. The van der Waals surface area contributed by atoms with Crippen LogP contribution < -0.4 is 33.1 Å². The molecule has 0 saturated carbocycles. The van der Waals surface area contributed by atoms with Gasteiger partial charge in [-0.25, -0.2) is 9.78 Å². The average Bonchev–Trinajstić information content (AvgIpc) is 2.61. The molecule has 0 unspecified atom stereocenters. The first-order chi connectivity index (χ1) is 12.8. The molecule has 0 aliphatic heterocycles. The Morgan fingerprint density at radius 1 is 1.14 bits per heavy atom. The Hall–Kier alpha value is -2.91. The van der Waals surface area contributed by atoms with Gasteiger partial charge in [-0.2, -0.15) is 0 Å². The van der Waals surface area contributed by atoms with Crippen LogP contribution in [-0.2, 0) is 0 Å². The zero-order valence-electron chi connectivity index (χ0n) is 16.3. The van der Waals surface area contributed by atoms with Crippen LogP contribution in [0, 0.1) is 0 Å². The van der Waals surface area contributed by atoms with E-state index in [0.29, 0.717) is 29.4 Å². The van der Waals surface area contributed by atoms with Crippen molar-refractivity contribution < 1.29 is 31.2 Å². The van der Waals surface area contributed by atoms with Crippen molar-refractivity contribution in [3.05, 3.63) is 42.4 Å². The minimum atomic E-state index is -0.492. The second-order valence-corrected chi connectivity index (χ2v) is 6.85. The number of amides is 3. The molecule has 1 heterocycles. The maximum Gasteiger partial charge on any atom is 0.324 e. The number of nitrogens with zero attached hydrogens (tertiary/aromatic N) is 3. The summed E-state index contributed by atoms with van der Waals surface area (Å²) in [5, 5.41) is 8.10. The summed E-state index contributed by atoms with van der Waals surface area (Å²) < 4.78 is 6.05. The highest BCUT2D eigenvalue weighted by Crippen LogP contribution is 2.25. The number of anilines is 2. The van der Waals surface area contributed by atoms with Crippen LogP contribution in [0.25, 0.3) is 0 Å². The highest BCUT2D eigenvalue weighted by Gasteiger charge is 2.14. The number of urea groups is 1. The van der Waals surface area contributed by atoms with Crippen molar-refractivity contribution >= 4 is 23.4 Å². The Morgan fingerprint density at radius 3 is 2.50 bits per heavy atom. The van der Waals surface area contributed by atoms with E-state index in [1.54, 1.807) is 18.2 Å². The van der Waals surface area contributed by atoms with Crippen LogP contribution in [0.1, 0.15) is 10.4 Å². The van der Waals surface area contributed by atoms with E-state index in [9.17, 15) is 9.59 Å². The summed E-state index contributed by atoms with van der Waals surface area (Å²) in [5.41, 5.74) is 0.884. The van der Waals surface area contributed by atoms with Crippen LogP contribution >= 0.6 is 0 Å². The predicted molar refractivity (Wildman–Crippen MR) is 103 cm³/mol. The molecule has 1 aromatic carbocycles. The van der Waals surface area contributed by atoms with E-state index in [2.05, 4.69) is 47.1 Å². The van der Waals surface area contributed by atoms with Crippen molar-refractivity contribution in [2.24, 2.45) is 0 Å². The number of hydrogen-bond donors (Lipinski definition) is 3. The number of nitrogens with one attached hydrogen (secondary N) is 3. The Bertz CT molecular complexity index is 796. The SMILES string of the molecule is COc1cc(C(=O)NCC[N+](C)(C)C)ccc1NC(=O)Nc1cnccn1.[Cl-]. The Morgan fingerprint density at radius 2 is 1.89 bits per heavy atom. The molecular formula is C18H25ClN6O3. The maximum absolute atomic E-state index is 12.3. The van der Waals surface area contributed by atoms with Crippen LogP contribution in [-0.4, -0.2) is 67.7 Å². The molecule has 0 saturated heterocycles. The van der Waals surface area contributed by atoms with Gasteiger partial charge < -0.3 is 32.3 Å². The summed E-state index contributed by atoms with van der Waals surface area (Å²) in [5.74, 6) is 0.503. The number of halogens is 1. The maximum atomic E-state index is 12.3. The molecule has 2 aromatic rings. The van der Waals surface area contributed by atoms with Gasteiger partial charge in [0.25, 0.3) is 5.91 Å². The molecule has 9 nitrogen and oxygen atoms in total. The molecule has 3 amide bonds. The highest BCUT2D eigenvalue weighted by atomic mass is 35.5. The van der Waals surface area contributed by atoms with Crippen molar-refractivity contribution in [2.75, 3.05) is 52.0 Å². The van der Waals surface area contributed by atoms with Gasteiger partial charge in [-0.05, 0) is 18.2 Å². The Labute approximate surface area is 170 Å². The second kappa shape index (κ2) is 10.4. The topological polar surface area (TPSA) is 105 Å². The zero-order chi connectivity index (χ0) is 19.9. The minimum absolute atomic E-state index is 0. The van der Waals surface area contributed by atoms with Gasteiger partial charge in [0, 0.05) is 18.0 Å². The summed E-state index contributed by atoms with van der Waals surface area (Å²) in [6, 6.07) is 4.33. The van der Waals surface area contributed by atoms with E-state index in [4.69, 9.17) is 4.74 Å². The van der Waals surface area contributed by atoms with E-state index in [0.717, 1.165) is 11.0 Å². The lowest BCUT2D eigenvalue weighted by Gasteiger charge is -2.23. The number of aromatic nitrogens is 2. The predicted octanol–water partition coefficient (Wildman–Crippen LogP) is -1.43. The molecule has 1 aromatic heterocycles. The molecular weight excluding hydrogens is 384 g/mol. The van der Waals surface area contributed by atoms with Crippen LogP contribution in [0.15, 0.2) is 36.8 Å². The van der Waals surface area contributed by atoms with E-state index in [1.807, 2.05) is 0 Å². The Balaban J connectivity index is 0.00000392. The highest BCUT2D eigenvalue weighted by molar-refractivity contribution is 6.01. The fraction of sp³-hybridized carbons (Fsp3) is 0.333. The van der Waals surface area contributed by atoms with Gasteiger partial charge >= 0.3 is 6.03 Å².